The first-order valence-electron chi connectivity index (χ1n) is 9.63. The van der Waals surface area contributed by atoms with Crippen molar-refractivity contribution in [1.29, 1.82) is 0 Å². The summed E-state index contributed by atoms with van der Waals surface area (Å²) in [6.45, 7) is 19.2. The largest absolute Gasteiger partial charge is 0.0987 e. The van der Waals surface area contributed by atoms with E-state index >= 15 is 0 Å². The second-order valence-electron chi connectivity index (χ2n) is 7.18. The second-order valence-corrected chi connectivity index (χ2v) is 7.18. The molecule has 0 radical (unpaired) electrons. The van der Waals surface area contributed by atoms with Crippen LogP contribution in [0.4, 0.5) is 0 Å². The Morgan fingerprint density at radius 2 is 1.54 bits per heavy atom. The summed E-state index contributed by atoms with van der Waals surface area (Å²) in [5, 5.41) is 0. The Morgan fingerprint density at radius 1 is 0.885 bits per heavy atom. The van der Waals surface area contributed by atoms with Gasteiger partial charge < -0.3 is 0 Å². The van der Waals surface area contributed by atoms with Crippen LogP contribution in [0.3, 0.4) is 0 Å². The molecule has 26 heavy (non-hydrogen) atoms. The minimum absolute atomic E-state index is 0.000942. The Labute approximate surface area is 160 Å². The van der Waals surface area contributed by atoms with Gasteiger partial charge in [-0.25, -0.2) is 0 Å². The van der Waals surface area contributed by atoms with Gasteiger partial charge >= 0.3 is 0 Å². The van der Waals surface area contributed by atoms with Gasteiger partial charge in [-0.15, -0.1) is 0 Å². The average molecular weight is 345 g/mol. The van der Waals surface area contributed by atoms with Crippen LogP contribution in [0.15, 0.2) is 66.8 Å². The summed E-state index contributed by atoms with van der Waals surface area (Å²) in [6.07, 6.45) is 6.37. The van der Waals surface area contributed by atoms with Gasteiger partial charge in [-0.2, -0.15) is 0 Å². The lowest BCUT2D eigenvalue weighted by molar-refractivity contribution is 0.654. The molecule has 0 aromatic heterocycles. The van der Waals surface area contributed by atoms with Gasteiger partial charge in [0.1, 0.15) is 0 Å². The topological polar surface area (TPSA) is 0 Å². The first-order chi connectivity index (χ1) is 12.4. The first-order valence-corrected chi connectivity index (χ1v) is 9.63. The smallest absolute Gasteiger partial charge is 0.0158 e. The number of hydrogen-bond acceptors (Lipinski definition) is 0. The van der Waals surface area contributed by atoms with E-state index in [2.05, 4.69) is 89.7 Å². The molecule has 0 saturated carbocycles. The van der Waals surface area contributed by atoms with Crippen LogP contribution in [0.2, 0.25) is 0 Å². The normalized spacial score (nSPS) is 14.9. The van der Waals surface area contributed by atoms with Crippen molar-refractivity contribution in [2.24, 2.45) is 0 Å². The van der Waals surface area contributed by atoms with Crippen molar-refractivity contribution < 1.29 is 0 Å². The monoisotopic (exact) mass is 344 g/mol. The molecule has 0 heteroatoms. The third kappa shape index (κ3) is 3.21. The third-order valence-corrected chi connectivity index (χ3v) is 5.26. The minimum Gasteiger partial charge on any atom is -0.0987 e. The third-order valence-electron chi connectivity index (χ3n) is 5.26. The predicted molar refractivity (Wildman–Crippen MR) is 118 cm³/mol. The summed E-state index contributed by atoms with van der Waals surface area (Å²) in [5.41, 5.74) is 10.7. The van der Waals surface area contributed by atoms with Gasteiger partial charge in [0.2, 0.25) is 0 Å². The fourth-order valence-corrected chi connectivity index (χ4v) is 3.95. The number of fused-ring (bicyclic) bond motifs is 1. The summed E-state index contributed by atoms with van der Waals surface area (Å²) in [6, 6.07) is 13.4. The maximum atomic E-state index is 4.08. The van der Waals surface area contributed by atoms with E-state index in [0.717, 1.165) is 0 Å². The molecular weight excluding hydrogens is 312 g/mol. The summed E-state index contributed by atoms with van der Waals surface area (Å²) >= 11 is 0. The van der Waals surface area contributed by atoms with E-state index in [4.69, 9.17) is 0 Å². The van der Waals surface area contributed by atoms with Gasteiger partial charge in [0, 0.05) is 5.41 Å². The molecule has 0 N–H and O–H groups in total. The molecule has 0 atom stereocenters. The SMILES string of the molecule is C=CC1=C(/C=C\C)c2cc(-c3ccccc3C)c(C)cc2C1(C)C.CC. The van der Waals surface area contributed by atoms with Crippen LogP contribution in [0.5, 0.6) is 0 Å². The molecule has 0 amide bonds. The molecule has 0 nitrogen and oxygen atoms in total. The highest BCUT2D eigenvalue weighted by atomic mass is 14.4. The summed E-state index contributed by atoms with van der Waals surface area (Å²) in [7, 11) is 0. The van der Waals surface area contributed by atoms with Crippen molar-refractivity contribution >= 4 is 5.57 Å². The van der Waals surface area contributed by atoms with Crippen LogP contribution in [0.25, 0.3) is 16.7 Å². The maximum Gasteiger partial charge on any atom is 0.0158 e. The van der Waals surface area contributed by atoms with Gasteiger partial charge in [0.05, 0.1) is 0 Å². The van der Waals surface area contributed by atoms with Crippen LogP contribution in [-0.2, 0) is 5.41 Å². The number of hydrogen-bond donors (Lipinski definition) is 0. The highest BCUT2D eigenvalue weighted by molar-refractivity contribution is 5.90. The maximum absolute atomic E-state index is 4.08. The van der Waals surface area contributed by atoms with Crippen LogP contribution in [0, 0.1) is 13.8 Å². The predicted octanol–water partition coefficient (Wildman–Crippen LogP) is 7.80. The Kier molecular flexibility index (Phi) is 6.08. The first kappa shape index (κ1) is 20.0. The standard InChI is InChI=1S/C24H26.C2H6/c1-7-11-19-21-15-20(18-13-10-9-12-16(18)3)17(4)14-23(21)24(5,6)22(19)8-2;1-2/h7-15H,2H2,1,3-6H3;1-2H3/b11-7-;. The number of benzene rings is 2. The molecule has 1 aliphatic rings. The molecule has 1 aliphatic carbocycles. The van der Waals surface area contributed by atoms with E-state index in [1.807, 2.05) is 19.9 Å². The number of allylic oxidation sites excluding steroid dienone is 5. The van der Waals surface area contributed by atoms with Crippen molar-refractivity contribution in [2.75, 3.05) is 0 Å². The molecule has 2 aromatic rings. The Bertz CT molecular complexity index is 873. The Morgan fingerprint density at radius 3 is 2.12 bits per heavy atom. The van der Waals surface area contributed by atoms with E-state index in [-0.39, 0.29) is 5.41 Å². The van der Waals surface area contributed by atoms with Crippen molar-refractivity contribution in [3.8, 4) is 11.1 Å². The van der Waals surface area contributed by atoms with Crippen LogP contribution in [0.1, 0.15) is 56.9 Å². The van der Waals surface area contributed by atoms with Gasteiger partial charge in [0.25, 0.3) is 0 Å². The van der Waals surface area contributed by atoms with E-state index in [1.165, 1.54) is 44.5 Å². The van der Waals surface area contributed by atoms with E-state index < -0.39 is 0 Å². The van der Waals surface area contributed by atoms with Gasteiger partial charge in [-0.3, -0.25) is 0 Å². The molecule has 0 bridgehead atoms. The lowest BCUT2D eigenvalue weighted by atomic mass is 9.80. The molecule has 0 saturated heterocycles. The lowest BCUT2D eigenvalue weighted by Crippen LogP contribution is -2.16. The molecule has 2 aromatic carbocycles. The minimum atomic E-state index is 0.000942. The van der Waals surface area contributed by atoms with E-state index in [1.54, 1.807) is 0 Å². The molecule has 0 aliphatic heterocycles. The number of aryl methyl sites for hydroxylation is 2. The molecule has 0 unspecified atom stereocenters. The summed E-state index contributed by atoms with van der Waals surface area (Å²) < 4.78 is 0. The average Bonchev–Trinajstić information content (AvgIpc) is 2.83. The zero-order valence-electron chi connectivity index (χ0n) is 17.4. The summed E-state index contributed by atoms with van der Waals surface area (Å²) in [4.78, 5) is 0. The van der Waals surface area contributed by atoms with Gasteiger partial charge in [-0.1, -0.05) is 82.8 Å². The second kappa shape index (κ2) is 7.91. The molecular formula is C26H32. The highest BCUT2D eigenvalue weighted by Crippen LogP contribution is 2.49. The Balaban J connectivity index is 0.00000117. The molecule has 0 spiro atoms. The fraction of sp³-hybridized carbons (Fsp3) is 0.308. The Hall–Kier alpha value is -2.34. The van der Waals surface area contributed by atoms with Crippen molar-refractivity contribution in [3.63, 3.8) is 0 Å². The van der Waals surface area contributed by atoms with Crippen LogP contribution in [-0.4, -0.2) is 0 Å². The van der Waals surface area contributed by atoms with E-state index in [9.17, 15) is 0 Å². The van der Waals surface area contributed by atoms with Crippen molar-refractivity contribution in [3.05, 3.63) is 89.0 Å². The quantitative estimate of drug-likeness (QED) is 0.532. The zero-order valence-corrected chi connectivity index (χ0v) is 17.4. The van der Waals surface area contributed by atoms with Gasteiger partial charge in [-0.05, 0) is 71.4 Å². The van der Waals surface area contributed by atoms with Crippen LogP contribution < -0.4 is 0 Å². The molecule has 0 fully saturated rings. The highest BCUT2D eigenvalue weighted by Gasteiger charge is 2.35. The van der Waals surface area contributed by atoms with E-state index in [0.29, 0.717) is 0 Å². The van der Waals surface area contributed by atoms with Crippen molar-refractivity contribution in [1.82, 2.24) is 0 Å². The zero-order chi connectivity index (χ0) is 19.5. The van der Waals surface area contributed by atoms with Gasteiger partial charge in [0.15, 0.2) is 0 Å². The van der Waals surface area contributed by atoms with Crippen molar-refractivity contribution in [2.45, 2.75) is 53.9 Å². The lowest BCUT2D eigenvalue weighted by Gasteiger charge is -2.24. The molecule has 3 rings (SSSR count). The number of rotatable bonds is 3. The summed E-state index contributed by atoms with van der Waals surface area (Å²) in [5.74, 6) is 0. The molecule has 0 heterocycles. The molecule has 136 valence electrons. The van der Waals surface area contributed by atoms with Crippen LogP contribution >= 0.6 is 0 Å². The fourth-order valence-electron chi connectivity index (χ4n) is 3.95.